The normalized spacial score (nSPS) is 10.3. The van der Waals surface area contributed by atoms with Crippen molar-refractivity contribution in [2.75, 3.05) is 0 Å². The van der Waals surface area contributed by atoms with Crippen LogP contribution in [-0.2, 0) is 6.42 Å². The monoisotopic (exact) mass is 217 g/mol. The van der Waals surface area contributed by atoms with Crippen molar-refractivity contribution in [3.8, 4) is 11.4 Å². The molecule has 2 aromatic rings. The van der Waals surface area contributed by atoms with Gasteiger partial charge in [-0.3, -0.25) is 4.79 Å². The second-order valence-corrected chi connectivity index (χ2v) is 3.29. The molecule has 0 saturated carbocycles. The highest BCUT2D eigenvalue weighted by Crippen LogP contribution is 2.22. The summed E-state index contributed by atoms with van der Waals surface area (Å²) >= 11 is 0. The number of nitrogens with zero attached hydrogens (tertiary/aromatic N) is 3. The number of aromatic hydroxyl groups is 1. The first-order chi connectivity index (χ1) is 7.77. The summed E-state index contributed by atoms with van der Waals surface area (Å²) in [7, 11) is 0. The third-order valence-corrected chi connectivity index (χ3v) is 2.35. The van der Waals surface area contributed by atoms with Crippen LogP contribution in [0.4, 0.5) is 0 Å². The molecular formula is C11H11N3O2. The number of carbonyl (C=O) groups is 1. The van der Waals surface area contributed by atoms with Crippen molar-refractivity contribution in [2.45, 2.75) is 13.3 Å². The van der Waals surface area contributed by atoms with Crippen LogP contribution in [0.1, 0.15) is 23.1 Å². The number of aldehydes is 1. The summed E-state index contributed by atoms with van der Waals surface area (Å²) in [5.74, 6) is 0.111. The molecule has 0 aliphatic heterocycles. The molecule has 1 heterocycles. The first kappa shape index (κ1) is 10.4. The maximum atomic E-state index is 10.7. The zero-order valence-electron chi connectivity index (χ0n) is 8.79. The average Bonchev–Trinajstić information content (AvgIpc) is 2.72. The smallest absolute Gasteiger partial charge is 0.172 e. The number of aromatic nitrogens is 3. The van der Waals surface area contributed by atoms with Gasteiger partial charge in [0.15, 0.2) is 6.29 Å². The Hall–Kier alpha value is -2.17. The van der Waals surface area contributed by atoms with Crippen LogP contribution in [0.5, 0.6) is 5.75 Å². The van der Waals surface area contributed by atoms with Crippen molar-refractivity contribution < 1.29 is 9.90 Å². The molecular weight excluding hydrogens is 206 g/mol. The standard InChI is InChI=1S/C11H11N3O2/c1-2-9-8(7-15)12-13-14(9)10-5-3-4-6-11(10)16/h3-7,16H,2H2,1H3. The molecule has 0 fully saturated rings. The third-order valence-electron chi connectivity index (χ3n) is 2.35. The van der Waals surface area contributed by atoms with Crippen LogP contribution in [0.15, 0.2) is 24.3 Å². The topological polar surface area (TPSA) is 68.0 Å². The molecule has 1 N–H and O–H groups in total. The first-order valence-corrected chi connectivity index (χ1v) is 4.96. The number of benzene rings is 1. The van der Waals surface area contributed by atoms with E-state index in [0.29, 0.717) is 29.8 Å². The number of hydrogen-bond donors (Lipinski definition) is 1. The van der Waals surface area contributed by atoms with Gasteiger partial charge >= 0.3 is 0 Å². The van der Waals surface area contributed by atoms with Gasteiger partial charge < -0.3 is 5.11 Å². The number of carbonyl (C=O) groups excluding carboxylic acids is 1. The summed E-state index contributed by atoms with van der Waals surface area (Å²) in [6.45, 7) is 1.90. The molecule has 0 amide bonds. The molecule has 1 aromatic heterocycles. The molecule has 0 bridgehead atoms. The Labute approximate surface area is 92.3 Å². The van der Waals surface area contributed by atoms with Crippen LogP contribution in [-0.4, -0.2) is 26.4 Å². The summed E-state index contributed by atoms with van der Waals surface area (Å²) < 4.78 is 1.49. The van der Waals surface area contributed by atoms with Crippen LogP contribution in [0.25, 0.3) is 5.69 Å². The predicted octanol–water partition coefficient (Wildman–Crippen LogP) is 1.35. The average molecular weight is 217 g/mol. The van der Waals surface area contributed by atoms with E-state index in [-0.39, 0.29) is 5.75 Å². The number of rotatable bonds is 3. The van der Waals surface area contributed by atoms with Crippen molar-refractivity contribution in [1.82, 2.24) is 15.0 Å². The maximum Gasteiger partial charge on any atom is 0.172 e. The molecule has 16 heavy (non-hydrogen) atoms. The zero-order chi connectivity index (χ0) is 11.5. The summed E-state index contributed by atoms with van der Waals surface area (Å²) in [5.41, 5.74) is 1.53. The molecule has 0 unspecified atom stereocenters. The summed E-state index contributed by atoms with van der Waals surface area (Å²) in [6.07, 6.45) is 1.29. The van der Waals surface area contributed by atoms with Gasteiger partial charge in [0.25, 0.3) is 0 Å². The van der Waals surface area contributed by atoms with E-state index in [2.05, 4.69) is 10.3 Å². The molecule has 0 spiro atoms. The van der Waals surface area contributed by atoms with Gasteiger partial charge in [-0.1, -0.05) is 24.3 Å². The summed E-state index contributed by atoms with van der Waals surface area (Å²) in [6, 6.07) is 6.80. The number of hydrogen-bond acceptors (Lipinski definition) is 4. The van der Waals surface area contributed by atoms with Gasteiger partial charge in [-0.25, -0.2) is 4.68 Å². The molecule has 5 nitrogen and oxygen atoms in total. The van der Waals surface area contributed by atoms with Crippen LogP contribution in [0, 0.1) is 0 Å². The van der Waals surface area contributed by atoms with Crippen molar-refractivity contribution in [1.29, 1.82) is 0 Å². The number of phenolic OH excluding ortho intramolecular Hbond substituents is 1. The quantitative estimate of drug-likeness (QED) is 0.788. The summed E-state index contributed by atoms with van der Waals surface area (Å²) in [5, 5.41) is 17.3. The van der Waals surface area contributed by atoms with E-state index in [4.69, 9.17) is 0 Å². The molecule has 0 aliphatic rings. The summed E-state index contributed by atoms with van der Waals surface area (Å²) in [4.78, 5) is 10.7. The number of para-hydroxylation sites is 2. The van der Waals surface area contributed by atoms with Crippen molar-refractivity contribution in [3.05, 3.63) is 35.7 Å². The molecule has 1 aromatic carbocycles. The predicted molar refractivity (Wildman–Crippen MR) is 57.8 cm³/mol. The maximum absolute atomic E-state index is 10.7. The second kappa shape index (κ2) is 4.14. The minimum absolute atomic E-state index is 0.111. The van der Waals surface area contributed by atoms with Crippen molar-refractivity contribution >= 4 is 6.29 Å². The van der Waals surface area contributed by atoms with E-state index in [1.807, 2.05) is 6.92 Å². The van der Waals surface area contributed by atoms with Crippen molar-refractivity contribution in [2.24, 2.45) is 0 Å². The fourth-order valence-corrected chi connectivity index (χ4v) is 1.57. The van der Waals surface area contributed by atoms with Crippen LogP contribution in [0.3, 0.4) is 0 Å². The Morgan fingerprint density at radius 3 is 2.81 bits per heavy atom. The second-order valence-electron chi connectivity index (χ2n) is 3.29. The lowest BCUT2D eigenvalue weighted by Crippen LogP contribution is -2.02. The molecule has 5 heteroatoms. The molecule has 0 aliphatic carbocycles. The van der Waals surface area contributed by atoms with E-state index in [0.717, 1.165) is 0 Å². The SMILES string of the molecule is CCc1c(C=O)nnn1-c1ccccc1O. The Morgan fingerprint density at radius 1 is 1.44 bits per heavy atom. The fourth-order valence-electron chi connectivity index (χ4n) is 1.57. The van der Waals surface area contributed by atoms with Crippen LogP contribution >= 0.6 is 0 Å². The lowest BCUT2D eigenvalue weighted by molar-refractivity contribution is 0.111. The molecule has 0 saturated heterocycles. The van der Waals surface area contributed by atoms with E-state index in [1.54, 1.807) is 24.3 Å². The van der Waals surface area contributed by atoms with Crippen LogP contribution < -0.4 is 0 Å². The van der Waals surface area contributed by atoms with Crippen LogP contribution in [0.2, 0.25) is 0 Å². The Bertz CT molecular complexity index is 520. The van der Waals surface area contributed by atoms with E-state index < -0.39 is 0 Å². The molecule has 82 valence electrons. The highest BCUT2D eigenvalue weighted by atomic mass is 16.3. The Kier molecular flexibility index (Phi) is 2.68. The van der Waals surface area contributed by atoms with E-state index in [1.165, 1.54) is 4.68 Å². The Morgan fingerprint density at radius 2 is 2.19 bits per heavy atom. The highest BCUT2D eigenvalue weighted by molar-refractivity contribution is 5.73. The number of phenols is 1. The first-order valence-electron chi connectivity index (χ1n) is 4.96. The van der Waals surface area contributed by atoms with Gasteiger partial charge in [-0.15, -0.1) is 5.10 Å². The van der Waals surface area contributed by atoms with Gasteiger partial charge in [0.2, 0.25) is 0 Å². The lowest BCUT2D eigenvalue weighted by atomic mass is 10.2. The lowest BCUT2D eigenvalue weighted by Gasteiger charge is -2.06. The van der Waals surface area contributed by atoms with Gasteiger partial charge in [-0.05, 0) is 18.6 Å². The highest BCUT2D eigenvalue weighted by Gasteiger charge is 2.13. The van der Waals surface area contributed by atoms with E-state index >= 15 is 0 Å². The fraction of sp³-hybridized carbons (Fsp3) is 0.182. The van der Waals surface area contributed by atoms with E-state index in [9.17, 15) is 9.90 Å². The third kappa shape index (κ3) is 1.56. The zero-order valence-corrected chi connectivity index (χ0v) is 8.79. The molecule has 2 rings (SSSR count). The van der Waals surface area contributed by atoms with Crippen molar-refractivity contribution in [3.63, 3.8) is 0 Å². The van der Waals surface area contributed by atoms with Gasteiger partial charge in [0, 0.05) is 0 Å². The minimum Gasteiger partial charge on any atom is -0.506 e. The van der Waals surface area contributed by atoms with Gasteiger partial charge in [0.1, 0.15) is 17.1 Å². The van der Waals surface area contributed by atoms with Gasteiger partial charge in [-0.2, -0.15) is 0 Å². The Balaban J connectivity index is 2.60. The minimum atomic E-state index is 0.111. The molecule has 0 atom stereocenters. The molecule has 0 radical (unpaired) electrons. The van der Waals surface area contributed by atoms with Gasteiger partial charge in [0.05, 0.1) is 5.69 Å². The largest absolute Gasteiger partial charge is 0.506 e.